The van der Waals surface area contributed by atoms with Gasteiger partial charge in [0.2, 0.25) is 0 Å². The van der Waals surface area contributed by atoms with Crippen LogP contribution in [0, 0.1) is 5.82 Å². The van der Waals surface area contributed by atoms with Crippen molar-refractivity contribution < 1.29 is 14.0 Å². The highest BCUT2D eigenvalue weighted by molar-refractivity contribution is 6.31. The molecule has 1 aliphatic heterocycles. The number of hydrogen-bond donors (Lipinski definition) is 1. The highest BCUT2D eigenvalue weighted by Gasteiger charge is 2.26. The molecule has 5 nitrogen and oxygen atoms in total. The largest absolute Gasteiger partial charge is 0.351 e. The third kappa shape index (κ3) is 3.53. The van der Waals surface area contributed by atoms with Gasteiger partial charge in [-0.3, -0.25) is 9.59 Å². The van der Waals surface area contributed by atoms with Gasteiger partial charge < -0.3 is 14.8 Å². The van der Waals surface area contributed by atoms with E-state index < -0.39 is 0 Å². The zero-order valence-corrected chi connectivity index (χ0v) is 15.2. The van der Waals surface area contributed by atoms with E-state index >= 15 is 0 Å². The molecule has 3 aromatic rings. The quantitative estimate of drug-likeness (QED) is 0.733. The first-order chi connectivity index (χ1) is 13.0. The first-order valence-corrected chi connectivity index (χ1v) is 9.01. The fourth-order valence-electron chi connectivity index (χ4n) is 3.28. The molecule has 1 aromatic heterocycles. The van der Waals surface area contributed by atoms with Crippen LogP contribution in [0.3, 0.4) is 0 Å². The van der Waals surface area contributed by atoms with Crippen molar-refractivity contribution in [3.05, 3.63) is 70.6 Å². The number of aromatic amines is 1. The molecule has 0 saturated carbocycles. The Labute approximate surface area is 160 Å². The molecule has 2 aromatic carbocycles. The molecule has 0 spiro atoms. The maximum atomic E-state index is 13.0. The number of H-pyrrole nitrogens is 1. The average molecular weight is 386 g/mol. The fraction of sp³-hybridized carbons (Fsp3) is 0.200. The number of hydrogen-bond acceptors (Lipinski definition) is 2. The van der Waals surface area contributed by atoms with E-state index in [9.17, 15) is 14.0 Å². The Morgan fingerprint density at radius 3 is 2.19 bits per heavy atom. The van der Waals surface area contributed by atoms with Gasteiger partial charge in [-0.2, -0.15) is 0 Å². The summed E-state index contributed by atoms with van der Waals surface area (Å²) in [7, 11) is 0. The summed E-state index contributed by atoms with van der Waals surface area (Å²) in [6.07, 6.45) is 0. The lowest BCUT2D eigenvalue weighted by atomic mass is 10.1. The molecule has 1 fully saturated rings. The third-order valence-corrected chi connectivity index (χ3v) is 4.99. The molecule has 1 aliphatic rings. The van der Waals surface area contributed by atoms with Crippen molar-refractivity contribution in [3.63, 3.8) is 0 Å². The number of amides is 2. The minimum absolute atomic E-state index is 0.101. The van der Waals surface area contributed by atoms with Crippen LogP contribution < -0.4 is 0 Å². The Bertz CT molecular complexity index is 1010. The summed E-state index contributed by atoms with van der Waals surface area (Å²) in [5.41, 5.74) is 1.81. The maximum Gasteiger partial charge on any atom is 0.270 e. The Hall–Kier alpha value is -2.86. The first-order valence-electron chi connectivity index (χ1n) is 8.64. The molecule has 7 heteroatoms. The van der Waals surface area contributed by atoms with E-state index in [-0.39, 0.29) is 17.6 Å². The Morgan fingerprint density at radius 2 is 1.52 bits per heavy atom. The maximum absolute atomic E-state index is 13.0. The molecule has 0 atom stereocenters. The van der Waals surface area contributed by atoms with Crippen molar-refractivity contribution in [2.75, 3.05) is 26.2 Å². The molecule has 4 rings (SSSR count). The molecular weight excluding hydrogens is 369 g/mol. The second kappa shape index (κ2) is 7.04. The minimum Gasteiger partial charge on any atom is -0.351 e. The standard InChI is InChI=1S/C20H17ClFN3O2/c21-15-3-6-17-14(11-15)12-18(23-17)20(27)25-9-7-24(8-10-25)19(26)13-1-4-16(22)5-2-13/h1-6,11-12,23H,7-10H2. The molecule has 2 amide bonds. The SMILES string of the molecule is O=C(c1ccc(F)cc1)N1CCN(C(=O)c2cc3cc(Cl)ccc3[nH]2)CC1. The molecular formula is C20H17ClFN3O2. The topological polar surface area (TPSA) is 56.4 Å². The van der Waals surface area contributed by atoms with Gasteiger partial charge in [0.15, 0.2) is 0 Å². The van der Waals surface area contributed by atoms with E-state index in [1.54, 1.807) is 21.9 Å². The van der Waals surface area contributed by atoms with Gasteiger partial charge in [0, 0.05) is 47.7 Å². The summed E-state index contributed by atoms with van der Waals surface area (Å²) in [5.74, 6) is -0.625. The van der Waals surface area contributed by atoms with Crippen LogP contribution in [0.15, 0.2) is 48.5 Å². The molecule has 1 saturated heterocycles. The van der Waals surface area contributed by atoms with Crippen LogP contribution in [0.5, 0.6) is 0 Å². The number of halogens is 2. The van der Waals surface area contributed by atoms with Crippen molar-refractivity contribution in [2.24, 2.45) is 0 Å². The van der Waals surface area contributed by atoms with E-state index in [4.69, 9.17) is 11.6 Å². The van der Waals surface area contributed by atoms with Gasteiger partial charge in [-0.25, -0.2) is 4.39 Å². The molecule has 27 heavy (non-hydrogen) atoms. The predicted octanol–water partition coefficient (Wildman–Crippen LogP) is 3.56. The monoisotopic (exact) mass is 385 g/mol. The first kappa shape index (κ1) is 17.5. The lowest BCUT2D eigenvalue weighted by Gasteiger charge is -2.34. The molecule has 1 N–H and O–H groups in total. The Kier molecular flexibility index (Phi) is 4.58. The van der Waals surface area contributed by atoms with E-state index in [2.05, 4.69) is 4.98 Å². The fourth-order valence-corrected chi connectivity index (χ4v) is 3.46. The van der Waals surface area contributed by atoms with Crippen LogP contribution in [-0.4, -0.2) is 52.8 Å². The van der Waals surface area contributed by atoms with Gasteiger partial charge in [0.1, 0.15) is 11.5 Å². The van der Waals surface area contributed by atoms with Crippen LogP contribution in [0.2, 0.25) is 5.02 Å². The minimum atomic E-state index is -0.374. The summed E-state index contributed by atoms with van der Waals surface area (Å²) in [6, 6.07) is 12.7. The summed E-state index contributed by atoms with van der Waals surface area (Å²) in [5, 5.41) is 1.50. The summed E-state index contributed by atoms with van der Waals surface area (Å²) in [4.78, 5) is 31.8. The highest BCUT2D eigenvalue weighted by atomic mass is 35.5. The molecule has 0 radical (unpaired) electrons. The molecule has 138 valence electrons. The number of nitrogens with zero attached hydrogens (tertiary/aromatic N) is 2. The normalized spacial score (nSPS) is 14.6. The number of carbonyl (C=O) groups excluding carboxylic acids is 2. The lowest BCUT2D eigenvalue weighted by molar-refractivity contribution is 0.0533. The number of benzene rings is 2. The molecule has 0 unspecified atom stereocenters. The van der Waals surface area contributed by atoms with Crippen molar-refractivity contribution in [2.45, 2.75) is 0 Å². The van der Waals surface area contributed by atoms with E-state index in [1.165, 1.54) is 24.3 Å². The predicted molar refractivity (Wildman–Crippen MR) is 102 cm³/mol. The van der Waals surface area contributed by atoms with E-state index in [0.717, 1.165) is 10.9 Å². The van der Waals surface area contributed by atoms with Crippen molar-refractivity contribution in [1.82, 2.24) is 14.8 Å². The number of nitrogens with one attached hydrogen (secondary N) is 1. The van der Waals surface area contributed by atoms with Crippen LogP contribution in [0.1, 0.15) is 20.8 Å². The molecule has 0 aliphatic carbocycles. The van der Waals surface area contributed by atoms with Crippen LogP contribution in [0.25, 0.3) is 10.9 Å². The van der Waals surface area contributed by atoms with Crippen molar-refractivity contribution >= 4 is 34.3 Å². The zero-order chi connectivity index (χ0) is 19.0. The smallest absolute Gasteiger partial charge is 0.270 e. The van der Waals surface area contributed by atoms with Crippen molar-refractivity contribution in [3.8, 4) is 0 Å². The summed E-state index contributed by atoms with van der Waals surface area (Å²) >= 11 is 5.99. The lowest BCUT2D eigenvalue weighted by Crippen LogP contribution is -2.50. The summed E-state index contributed by atoms with van der Waals surface area (Å²) < 4.78 is 13.0. The number of aromatic nitrogens is 1. The summed E-state index contributed by atoms with van der Waals surface area (Å²) in [6.45, 7) is 1.77. The van der Waals surface area contributed by atoms with E-state index in [0.29, 0.717) is 42.5 Å². The molecule has 0 bridgehead atoms. The Morgan fingerprint density at radius 1 is 0.889 bits per heavy atom. The van der Waals surface area contributed by atoms with Gasteiger partial charge in [0.05, 0.1) is 0 Å². The van der Waals surface area contributed by atoms with Gasteiger partial charge in [0.25, 0.3) is 11.8 Å². The number of piperazine rings is 1. The highest BCUT2D eigenvalue weighted by Crippen LogP contribution is 2.21. The van der Waals surface area contributed by atoms with E-state index in [1.807, 2.05) is 12.1 Å². The van der Waals surface area contributed by atoms with Gasteiger partial charge >= 0.3 is 0 Å². The second-order valence-corrected chi connectivity index (χ2v) is 6.94. The average Bonchev–Trinajstić information content (AvgIpc) is 3.11. The number of fused-ring (bicyclic) bond motifs is 1. The van der Waals surface area contributed by atoms with Gasteiger partial charge in [-0.05, 0) is 48.5 Å². The second-order valence-electron chi connectivity index (χ2n) is 6.51. The molecule has 2 heterocycles. The van der Waals surface area contributed by atoms with Crippen LogP contribution in [-0.2, 0) is 0 Å². The Balaban J connectivity index is 1.42. The van der Waals surface area contributed by atoms with Crippen molar-refractivity contribution in [1.29, 1.82) is 0 Å². The van der Waals surface area contributed by atoms with Gasteiger partial charge in [-0.1, -0.05) is 11.6 Å². The van der Waals surface area contributed by atoms with Crippen LogP contribution in [0.4, 0.5) is 4.39 Å². The number of rotatable bonds is 2. The zero-order valence-electron chi connectivity index (χ0n) is 14.4. The third-order valence-electron chi connectivity index (χ3n) is 4.76. The number of carbonyl (C=O) groups is 2. The van der Waals surface area contributed by atoms with Crippen LogP contribution >= 0.6 is 11.6 Å². The van der Waals surface area contributed by atoms with Gasteiger partial charge in [-0.15, -0.1) is 0 Å².